The molecule has 22 heavy (non-hydrogen) atoms. The molecule has 0 saturated carbocycles. The average Bonchev–Trinajstić information content (AvgIpc) is 2.55. The molecule has 1 fully saturated rings. The van der Waals surface area contributed by atoms with E-state index in [4.69, 9.17) is 10.00 Å². The summed E-state index contributed by atoms with van der Waals surface area (Å²) >= 11 is 0. The topological polar surface area (TPSA) is 87.5 Å². The molecule has 0 amide bonds. The highest BCUT2D eigenvalue weighted by Gasteiger charge is 2.34. The van der Waals surface area contributed by atoms with Crippen molar-refractivity contribution in [2.24, 2.45) is 5.92 Å². The first-order valence-electron chi connectivity index (χ1n) is 7.16. The van der Waals surface area contributed by atoms with Crippen molar-refractivity contribution in [3.8, 4) is 6.07 Å². The molecule has 0 aromatic heterocycles. The van der Waals surface area contributed by atoms with Gasteiger partial charge in [0.2, 0.25) is 10.0 Å². The monoisotopic (exact) mass is 322 g/mol. The van der Waals surface area contributed by atoms with Gasteiger partial charge in [-0.05, 0) is 31.9 Å². The first kappa shape index (κ1) is 16.5. The molecule has 1 aliphatic rings. The molecule has 7 heteroatoms. The van der Waals surface area contributed by atoms with Gasteiger partial charge >= 0.3 is 5.97 Å². The Morgan fingerprint density at radius 1 is 1.45 bits per heavy atom. The van der Waals surface area contributed by atoms with Crippen LogP contribution in [0.3, 0.4) is 0 Å². The van der Waals surface area contributed by atoms with Gasteiger partial charge in [0.05, 0.1) is 23.0 Å². The molecule has 0 spiro atoms. The molecule has 0 radical (unpaired) electrons. The highest BCUT2D eigenvalue weighted by molar-refractivity contribution is 7.89. The Balaban J connectivity index is 2.26. The van der Waals surface area contributed by atoms with E-state index in [1.807, 2.05) is 6.07 Å². The summed E-state index contributed by atoms with van der Waals surface area (Å²) in [7, 11) is -3.78. The Labute approximate surface area is 130 Å². The summed E-state index contributed by atoms with van der Waals surface area (Å²) in [6.07, 6.45) is 1.21. The molecule has 1 heterocycles. The fourth-order valence-corrected chi connectivity index (χ4v) is 4.20. The number of benzene rings is 1. The lowest BCUT2D eigenvalue weighted by molar-refractivity contribution is -0.149. The number of esters is 1. The Morgan fingerprint density at radius 2 is 2.18 bits per heavy atom. The van der Waals surface area contributed by atoms with Gasteiger partial charge in [-0.15, -0.1) is 0 Å². The van der Waals surface area contributed by atoms with Crippen LogP contribution in [0.1, 0.15) is 25.3 Å². The molecule has 1 aliphatic heterocycles. The van der Waals surface area contributed by atoms with Gasteiger partial charge in [0.1, 0.15) is 6.07 Å². The van der Waals surface area contributed by atoms with E-state index >= 15 is 0 Å². The number of nitrogens with zero attached hydrogens (tertiary/aromatic N) is 2. The van der Waals surface area contributed by atoms with Gasteiger partial charge in [0.15, 0.2) is 0 Å². The van der Waals surface area contributed by atoms with Gasteiger partial charge in [0, 0.05) is 13.1 Å². The Hall–Kier alpha value is -1.91. The van der Waals surface area contributed by atoms with Crippen molar-refractivity contribution in [2.45, 2.75) is 24.7 Å². The zero-order valence-electron chi connectivity index (χ0n) is 12.4. The molecule has 0 bridgehead atoms. The number of rotatable bonds is 4. The third kappa shape index (κ3) is 3.29. The van der Waals surface area contributed by atoms with Crippen molar-refractivity contribution < 1.29 is 17.9 Å². The predicted octanol–water partition coefficient (Wildman–Crippen LogP) is 1.52. The van der Waals surface area contributed by atoms with Crippen molar-refractivity contribution in [1.29, 1.82) is 5.26 Å². The Bertz CT molecular complexity index is 694. The van der Waals surface area contributed by atoms with E-state index in [-0.39, 0.29) is 29.6 Å². The van der Waals surface area contributed by atoms with Crippen LogP contribution in [0, 0.1) is 17.2 Å². The minimum absolute atomic E-state index is 0.0120. The number of carbonyl (C=O) groups excluding carboxylic acids is 1. The van der Waals surface area contributed by atoms with Crippen molar-refractivity contribution in [1.82, 2.24) is 4.31 Å². The van der Waals surface area contributed by atoms with E-state index in [0.717, 1.165) is 0 Å². The van der Waals surface area contributed by atoms with E-state index in [9.17, 15) is 13.2 Å². The average molecular weight is 322 g/mol. The number of sulfonamides is 1. The van der Waals surface area contributed by atoms with Gasteiger partial charge in [-0.2, -0.15) is 9.57 Å². The van der Waals surface area contributed by atoms with Crippen LogP contribution in [-0.4, -0.2) is 38.4 Å². The molecule has 1 aromatic carbocycles. The van der Waals surface area contributed by atoms with E-state index in [2.05, 4.69) is 0 Å². The Morgan fingerprint density at radius 3 is 2.86 bits per heavy atom. The molecule has 1 aromatic rings. The maximum atomic E-state index is 12.7. The van der Waals surface area contributed by atoms with Crippen LogP contribution in [0.2, 0.25) is 0 Å². The molecule has 2 rings (SSSR count). The molecule has 0 aliphatic carbocycles. The summed E-state index contributed by atoms with van der Waals surface area (Å²) in [5.74, 6) is -0.811. The number of hydrogen-bond donors (Lipinski definition) is 0. The van der Waals surface area contributed by atoms with Crippen LogP contribution < -0.4 is 0 Å². The van der Waals surface area contributed by atoms with Crippen LogP contribution in [0.4, 0.5) is 0 Å². The molecular formula is C15H18N2O4S. The summed E-state index contributed by atoms with van der Waals surface area (Å²) in [6, 6.07) is 7.99. The van der Waals surface area contributed by atoms with Crippen molar-refractivity contribution in [3.05, 3.63) is 29.8 Å². The molecule has 1 unspecified atom stereocenters. The van der Waals surface area contributed by atoms with E-state index in [1.165, 1.54) is 16.4 Å². The Kier molecular flexibility index (Phi) is 5.16. The van der Waals surface area contributed by atoms with Crippen LogP contribution in [0.25, 0.3) is 0 Å². The summed E-state index contributed by atoms with van der Waals surface area (Å²) in [5, 5.41) is 9.08. The van der Waals surface area contributed by atoms with Gasteiger partial charge < -0.3 is 4.74 Å². The summed E-state index contributed by atoms with van der Waals surface area (Å²) < 4.78 is 31.7. The van der Waals surface area contributed by atoms with E-state index in [1.54, 1.807) is 19.1 Å². The number of nitriles is 1. The lowest BCUT2D eigenvalue weighted by atomic mass is 10.0. The highest BCUT2D eigenvalue weighted by Crippen LogP contribution is 2.26. The third-order valence-electron chi connectivity index (χ3n) is 3.63. The zero-order chi connectivity index (χ0) is 16.2. The second kappa shape index (κ2) is 6.90. The summed E-state index contributed by atoms with van der Waals surface area (Å²) in [5.41, 5.74) is 0.112. The lowest BCUT2D eigenvalue weighted by Crippen LogP contribution is -2.42. The third-order valence-corrected chi connectivity index (χ3v) is 5.55. The largest absolute Gasteiger partial charge is 0.466 e. The standard InChI is InChI=1S/C15H18N2O4S/c1-2-21-15(18)13-7-5-9-17(11-13)22(19,20)14-8-4-3-6-12(14)10-16/h3-4,6,8,13H,2,5,7,9,11H2,1H3. The molecule has 0 N–H and O–H groups in total. The van der Waals surface area contributed by atoms with Gasteiger partial charge in [0.25, 0.3) is 0 Å². The smallest absolute Gasteiger partial charge is 0.310 e. The van der Waals surface area contributed by atoms with Crippen molar-refractivity contribution in [3.63, 3.8) is 0 Å². The summed E-state index contributed by atoms with van der Waals surface area (Å²) in [6.45, 7) is 2.44. The van der Waals surface area contributed by atoms with E-state index in [0.29, 0.717) is 19.4 Å². The second-order valence-electron chi connectivity index (χ2n) is 5.06. The molecule has 118 valence electrons. The fraction of sp³-hybridized carbons (Fsp3) is 0.467. The van der Waals surface area contributed by atoms with Crippen molar-refractivity contribution in [2.75, 3.05) is 19.7 Å². The summed E-state index contributed by atoms with van der Waals surface area (Å²) in [4.78, 5) is 11.8. The number of ether oxygens (including phenoxy) is 1. The maximum absolute atomic E-state index is 12.7. The van der Waals surface area contributed by atoms with Gasteiger partial charge in [-0.1, -0.05) is 12.1 Å². The quantitative estimate of drug-likeness (QED) is 0.784. The number of carbonyl (C=O) groups is 1. The van der Waals surface area contributed by atoms with Crippen LogP contribution >= 0.6 is 0 Å². The van der Waals surface area contributed by atoms with Crippen LogP contribution in [0.5, 0.6) is 0 Å². The molecule has 6 nitrogen and oxygen atoms in total. The molecular weight excluding hydrogens is 304 g/mol. The fourth-order valence-electron chi connectivity index (χ4n) is 2.54. The predicted molar refractivity (Wildman–Crippen MR) is 79.3 cm³/mol. The normalized spacial score (nSPS) is 19.4. The number of hydrogen-bond acceptors (Lipinski definition) is 5. The van der Waals surface area contributed by atoms with E-state index < -0.39 is 15.9 Å². The van der Waals surface area contributed by atoms with Crippen molar-refractivity contribution >= 4 is 16.0 Å². The zero-order valence-corrected chi connectivity index (χ0v) is 13.2. The lowest BCUT2D eigenvalue weighted by Gasteiger charge is -2.30. The minimum Gasteiger partial charge on any atom is -0.466 e. The second-order valence-corrected chi connectivity index (χ2v) is 6.97. The number of piperidine rings is 1. The molecule has 1 atom stereocenters. The van der Waals surface area contributed by atoms with Crippen LogP contribution in [0.15, 0.2) is 29.2 Å². The van der Waals surface area contributed by atoms with Gasteiger partial charge in [-0.25, -0.2) is 8.42 Å². The SMILES string of the molecule is CCOC(=O)C1CCCN(S(=O)(=O)c2ccccc2C#N)C1. The maximum Gasteiger partial charge on any atom is 0.310 e. The first-order valence-corrected chi connectivity index (χ1v) is 8.60. The highest BCUT2D eigenvalue weighted by atomic mass is 32.2. The van der Waals surface area contributed by atoms with Gasteiger partial charge in [-0.3, -0.25) is 4.79 Å². The van der Waals surface area contributed by atoms with Crippen LogP contribution in [-0.2, 0) is 19.6 Å². The minimum atomic E-state index is -3.78. The molecule has 1 saturated heterocycles. The first-order chi connectivity index (χ1) is 10.5.